The van der Waals surface area contributed by atoms with Crippen molar-refractivity contribution in [1.82, 2.24) is 9.88 Å². The van der Waals surface area contributed by atoms with E-state index in [4.69, 9.17) is 0 Å². The number of amides is 1. The summed E-state index contributed by atoms with van der Waals surface area (Å²) in [6, 6.07) is 3.22. The number of aromatic hydroxyl groups is 1. The first-order valence-corrected chi connectivity index (χ1v) is 7.22. The molecule has 4 nitrogen and oxygen atoms in total. The van der Waals surface area contributed by atoms with Crippen LogP contribution in [0.2, 0.25) is 0 Å². The minimum absolute atomic E-state index is 0.0653. The molecular weight excluding hydrogens is 248 g/mol. The lowest BCUT2D eigenvalue weighted by Crippen LogP contribution is -2.36. The van der Waals surface area contributed by atoms with Crippen molar-refractivity contribution in [2.45, 2.75) is 26.3 Å². The van der Waals surface area contributed by atoms with Crippen LogP contribution in [0.3, 0.4) is 0 Å². The van der Waals surface area contributed by atoms with Crippen molar-refractivity contribution in [1.29, 1.82) is 0 Å². The van der Waals surface area contributed by atoms with Gasteiger partial charge in [0.25, 0.3) is 5.91 Å². The van der Waals surface area contributed by atoms with Crippen molar-refractivity contribution in [3.63, 3.8) is 0 Å². The minimum Gasteiger partial charge on any atom is -0.505 e. The number of rotatable bonds is 6. The second kappa shape index (κ2) is 7.26. The number of nitrogens with zero attached hydrogens (tertiary/aromatic N) is 2. The monoisotopic (exact) mass is 268 g/mol. The van der Waals surface area contributed by atoms with Crippen molar-refractivity contribution in [2.75, 3.05) is 18.6 Å². The van der Waals surface area contributed by atoms with Gasteiger partial charge in [-0.15, -0.1) is 0 Å². The maximum atomic E-state index is 12.1. The number of aromatic nitrogens is 1. The van der Waals surface area contributed by atoms with Crippen LogP contribution in [-0.2, 0) is 0 Å². The lowest BCUT2D eigenvalue weighted by Gasteiger charge is -2.24. The highest BCUT2D eigenvalue weighted by Gasteiger charge is 2.20. The van der Waals surface area contributed by atoms with Crippen molar-refractivity contribution >= 4 is 17.7 Å². The molecule has 1 rings (SSSR count). The number of hydrogen-bond donors (Lipinski definition) is 1. The van der Waals surface area contributed by atoms with E-state index in [1.165, 1.54) is 12.3 Å². The minimum atomic E-state index is -0.234. The molecule has 0 saturated heterocycles. The van der Waals surface area contributed by atoms with Crippen LogP contribution in [0.15, 0.2) is 18.3 Å². The van der Waals surface area contributed by atoms with E-state index in [-0.39, 0.29) is 23.4 Å². The molecule has 0 aromatic carbocycles. The second-order valence-corrected chi connectivity index (χ2v) is 5.52. The lowest BCUT2D eigenvalue weighted by molar-refractivity contribution is 0.0732. The molecular formula is C13H20N2O2S. The molecule has 1 N–H and O–H groups in total. The third kappa shape index (κ3) is 3.91. The summed E-state index contributed by atoms with van der Waals surface area (Å²) in [5, 5.41) is 9.61. The first-order chi connectivity index (χ1) is 8.57. The van der Waals surface area contributed by atoms with Gasteiger partial charge in [-0.3, -0.25) is 4.79 Å². The Morgan fingerprint density at radius 1 is 1.61 bits per heavy atom. The molecule has 0 bridgehead atoms. The Kier molecular flexibility index (Phi) is 5.98. The molecule has 18 heavy (non-hydrogen) atoms. The van der Waals surface area contributed by atoms with Gasteiger partial charge in [-0.2, -0.15) is 11.8 Å². The predicted molar refractivity (Wildman–Crippen MR) is 75.1 cm³/mol. The van der Waals surface area contributed by atoms with E-state index >= 15 is 0 Å². The number of pyridine rings is 1. The molecule has 0 spiro atoms. The molecule has 0 aliphatic heterocycles. The maximum Gasteiger partial charge on any atom is 0.276 e. The predicted octanol–water partition coefficient (Wildman–Crippen LogP) is 2.39. The van der Waals surface area contributed by atoms with E-state index in [1.54, 1.807) is 18.0 Å². The Bertz CT molecular complexity index is 398. The summed E-state index contributed by atoms with van der Waals surface area (Å²) in [4.78, 5) is 17.7. The lowest BCUT2D eigenvalue weighted by atomic mass is 10.2. The summed E-state index contributed by atoms with van der Waals surface area (Å²) >= 11 is 1.86. The van der Waals surface area contributed by atoms with Crippen molar-refractivity contribution in [3.8, 4) is 5.75 Å². The van der Waals surface area contributed by atoms with Crippen molar-refractivity contribution in [2.24, 2.45) is 0 Å². The molecule has 0 saturated carbocycles. The Labute approximate surface area is 112 Å². The largest absolute Gasteiger partial charge is 0.505 e. The Morgan fingerprint density at radius 2 is 2.33 bits per heavy atom. The van der Waals surface area contributed by atoms with Gasteiger partial charge in [0.05, 0.1) is 0 Å². The highest BCUT2D eigenvalue weighted by atomic mass is 32.2. The number of carbonyl (C=O) groups excluding carboxylic acids is 1. The summed E-state index contributed by atoms with van der Waals surface area (Å²) in [6.07, 6.45) is 2.45. The highest BCUT2D eigenvalue weighted by molar-refractivity contribution is 7.99. The molecule has 100 valence electrons. The fourth-order valence-corrected chi connectivity index (χ4v) is 2.32. The smallest absolute Gasteiger partial charge is 0.276 e. The maximum absolute atomic E-state index is 12.1. The molecule has 5 heteroatoms. The van der Waals surface area contributed by atoms with Gasteiger partial charge >= 0.3 is 0 Å². The normalized spacial score (nSPS) is 12.2. The Morgan fingerprint density at radius 3 is 2.94 bits per heavy atom. The molecule has 1 aromatic rings. The van der Waals surface area contributed by atoms with Gasteiger partial charge in [-0.05, 0) is 37.0 Å². The van der Waals surface area contributed by atoms with Crippen LogP contribution in [0.4, 0.5) is 0 Å². The number of carbonyl (C=O) groups is 1. The van der Waals surface area contributed by atoms with Crippen LogP contribution < -0.4 is 0 Å². The molecule has 1 amide bonds. The van der Waals surface area contributed by atoms with Gasteiger partial charge in [0.1, 0.15) is 5.75 Å². The average molecular weight is 268 g/mol. The van der Waals surface area contributed by atoms with E-state index < -0.39 is 0 Å². The fourth-order valence-electron chi connectivity index (χ4n) is 1.52. The Hall–Kier alpha value is -1.23. The van der Waals surface area contributed by atoms with E-state index in [0.29, 0.717) is 0 Å². The van der Waals surface area contributed by atoms with Gasteiger partial charge in [0, 0.05) is 19.3 Å². The van der Waals surface area contributed by atoms with E-state index in [9.17, 15) is 9.90 Å². The number of hydrogen-bond acceptors (Lipinski definition) is 4. The zero-order valence-electron chi connectivity index (χ0n) is 11.1. The quantitative estimate of drug-likeness (QED) is 0.805. The third-order valence-corrected chi connectivity index (χ3v) is 3.79. The van der Waals surface area contributed by atoms with Crippen LogP contribution >= 0.6 is 11.8 Å². The molecule has 1 heterocycles. The zero-order valence-corrected chi connectivity index (χ0v) is 11.9. The number of thioether (sulfide) groups is 1. The van der Waals surface area contributed by atoms with Crippen LogP contribution in [0.1, 0.15) is 30.8 Å². The zero-order chi connectivity index (χ0) is 13.5. The van der Waals surface area contributed by atoms with Gasteiger partial charge in [-0.25, -0.2) is 4.98 Å². The van der Waals surface area contributed by atoms with Crippen LogP contribution in [0, 0.1) is 0 Å². The van der Waals surface area contributed by atoms with E-state index in [2.05, 4.69) is 11.9 Å². The highest BCUT2D eigenvalue weighted by Crippen LogP contribution is 2.17. The first-order valence-electron chi connectivity index (χ1n) is 6.06. The molecule has 0 fully saturated rings. The average Bonchev–Trinajstić information content (AvgIpc) is 2.38. The van der Waals surface area contributed by atoms with E-state index in [1.807, 2.05) is 18.7 Å². The molecule has 0 aliphatic rings. The Balaban J connectivity index is 2.63. The van der Waals surface area contributed by atoms with Crippen LogP contribution in [0.25, 0.3) is 0 Å². The van der Waals surface area contributed by atoms with Crippen LogP contribution in [-0.4, -0.2) is 45.5 Å². The third-order valence-electron chi connectivity index (χ3n) is 2.85. The summed E-state index contributed by atoms with van der Waals surface area (Å²) in [5.74, 6) is 1.82. The SMILES string of the molecule is CCSCC[C@@H](C)N(C)C(=O)c1ncccc1O. The van der Waals surface area contributed by atoms with Crippen molar-refractivity contribution < 1.29 is 9.90 Å². The molecule has 1 aromatic heterocycles. The fraction of sp³-hybridized carbons (Fsp3) is 0.538. The van der Waals surface area contributed by atoms with E-state index in [0.717, 1.165) is 17.9 Å². The summed E-state index contributed by atoms with van der Waals surface area (Å²) in [5.41, 5.74) is 0.120. The molecule has 0 radical (unpaired) electrons. The van der Waals surface area contributed by atoms with Gasteiger partial charge in [0.2, 0.25) is 0 Å². The molecule has 1 atom stereocenters. The topological polar surface area (TPSA) is 53.4 Å². The first kappa shape index (κ1) is 14.8. The summed E-state index contributed by atoms with van der Waals surface area (Å²) < 4.78 is 0. The van der Waals surface area contributed by atoms with Gasteiger partial charge < -0.3 is 10.0 Å². The molecule has 0 aliphatic carbocycles. The second-order valence-electron chi connectivity index (χ2n) is 4.12. The molecule has 0 unspecified atom stereocenters. The van der Waals surface area contributed by atoms with Crippen molar-refractivity contribution in [3.05, 3.63) is 24.0 Å². The summed E-state index contributed by atoms with van der Waals surface area (Å²) in [7, 11) is 1.75. The standard InChI is InChI=1S/C13H20N2O2S/c1-4-18-9-7-10(2)15(3)13(17)12-11(16)6-5-8-14-12/h5-6,8,10,16H,4,7,9H2,1-3H3/t10-/m1/s1. The van der Waals surface area contributed by atoms with Gasteiger partial charge in [-0.1, -0.05) is 6.92 Å². The van der Waals surface area contributed by atoms with Crippen LogP contribution in [0.5, 0.6) is 5.75 Å². The van der Waals surface area contributed by atoms with Gasteiger partial charge in [0.15, 0.2) is 5.69 Å². The summed E-state index contributed by atoms with van der Waals surface area (Å²) in [6.45, 7) is 4.13.